The topological polar surface area (TPSA) is 35.5 Å². The van der Waals surface area contributed by atoms with Crippen LogP contribution in [0.25, 0.3) is 11.1 Å². The first-order chi connectivity index (χ1) is 9.81. The van der Waals surface area contributed by atoms with E-state index in [1.54, 1.807) is 12.1 Å². The molecule has 0 aliphatic heterocycles. The predicted octanol–water partition coefficient (Wildman–Crippen LogP) is 4.24. The lowest BCUT2D eigenvalue weighted by atomic mass is 10.0. The molecule has 0 spiro atoms. The Morgan fingerprint density at radius 3 is 2.50 bits per heavy atom. The number of benzene rings is 2. The van der Waals surface area contributed by atoms with Crippen LogP contribution in [0.1, 0.15) is 30.1 Å². The van der Waals surface area contributed by atoms with Crippen molar-refractivity contribution in [3.8, 4) is 11.1 Å². The number of hydrogen-bond donors (Lipinski definition) is 0. The van der Waals surface area contributed by atoms with Crippen LogP contribution in [0.15, 0.2) is 54.6 Å². The molecular weight excluding hydrogens is 252 g/mol. The van der Waals surface area contributed by atoms with Gasteiger partial charge in [-0.15, -0.1) is 0 Å². The molecule has 2 aromatic rings. The van der Waals surface area contributed by atoms with Crippen molar-refractivity contribution in [2.45, 2.75) is 19.8 Å². The van der Waals surface area contributed by atoms with Gasteiger partial charge < -0.3 is 0 Å². The third-order valence-electron chi connectivity index (χ3n) is 2.92. The van der Waals surface area contributed by atoms with E-state index in [-0.39, 0.29) is 0 Å². The smallest absolute Gasteiger partial charge is 0.293 e. The van der Waals surface area contributed by atoms with Gasteiger partial charge in [-0.25, -0.2) is 4.79 Å². The van der Waals surface area contributed by atoms with Gasteiger partial charge in [-0.05, 0) is 29.7 Å². The maximum atomic E-state index is 11.8. The van der Waals surface area contributed by atoms with Gasteiger partial charge in [0.1, 0.15) is 0 Å². The zero-order chi connectivity index (χ0) is 14.2. The first-order valence-corrected chi connectivity index (χ1v) is 6.80. The van der Waals surface area contributed by atoms with Crippen LogP contribution < -0.4 is 0 Å². The molecule has 0 aliphatic rings. The Kier molecular flexibility index (Phi) is 5.33. The lowest BCUT2D eigenvalue weighted by molar-refractivity contribution is -0.241. The normalized spacial score (nSPS) is 10.2. The standard InChI is InChI=1S/C17H18O3/c1-2-3-12-19-20-17(18)16-11-7-10-15(13-16)14-8-5-4-6-9-14/h4-11,13H,2-3,12H2,1H3. The number of unbranched alkanes of at least 4 members (excludes halogenated alkanes) is 1. The van der Waals surface area contributed by atoms with E-state index in [0.29, 0.717) is 12.2 Å². The third-order valence-corrected chi connectivity index (χ3v) is 2.92. The fourth-order valence-corrected chi connectivity index (χ4v) is 1.80. The SMILES string of the molecule is CCCCOOC(=O)c1cccc(-c2ccccc2)c1. The molecule has 0 fully saturated rings. The van der Waals surface area contributed by atoms with Crippen LogP contribution in [0.5, 0.6) is 0 Å². The summed E-state index contributed by atoms with van der Waals surface area (Å²) < 4.78 is 0. The molecule has 0 unspecified atom stereocenters. The molecule has 2 aromatic carbocycles. The van der Waals surface area contributed by atoms with Gasteiger partial charge in [-0.3, -0.25) is 4.89 Å². The zero-order valence-corrected chi connectivity index (χ0v) is 11.5. The van der Waals surface area contributed by atoms with Crippen molar-refractivity contribution in [2.75, 3.05) is 6.61 Å². The first-order valence-electron chi connectivity index (χ1n) is 6.80. The fourth-order valence-electron chi connectivity index (χ4n) is 1.80. The maximum absolute atomic E-state index is 11.8. The van der Waals surface area contributed by atoms with Crippen LogP contribution in [0.4, 0.5) is 0 Å². The zero-order valence-electron chi connectivity index (χ0n) is 11.5. The number of rotatable bonds is 6. The van der Waals surface area contributed by atoms with Gasteiger partial charge >= 0.3 is 5.97 Å². The molecule has 0 radical (unpaired) electrons. The number of carbonyl (C=O) groups is 1. The van der Waals surface area contributed by atoms with Crippen molar-refractivity contribution in [1.29, 1.82) is 0 Å². The monoisotopic (exact) mass is 270 g/mol. The van der Waals surface area contributed by atoms with E-state index in [0.717, 1.165) is 24.0 Å². The first kappa shape index (κ1) is 14.3. The molecule has 0 aliphatic carbocycles. The molecular formula is C17H18O3. The van der Waals surface area contributed by atoms with E-state index in [2.05, 4.69) is 6.92 Å². The van der Waals surface area contributed by atoms with Gasteiger partial charge in [-0.2, -0.15) is 4.89 Å². The Morgan fingerprint density at radius 2 is 1.75 bits per heavy atom. The highest BCUT2D eigenvalue weighted by molar-refractivity contribution is 5.90. The summed E-state index contributed by atoms with van der Waals surface area (Å²) in [4.78, 5) is 21.5. The van der Waals surface area contributed by atoms with E-state index in [1.807, 2.05) is 42.5 Å². The van der Waals surface area contributed by atoms with Crippen molar-refractivity contribution < 1.29 is 14.6 Å². The molecule has 3 nitrogen and oxygen atoms in total. The van der Waals surface area contributed by atoms with Gasteiger partial charge in [0.05, 0.1) is 12.2 Å². The highest BCUT2D eigenvalue weighted by Gasteiger charge is 2.09. The summed E-state index contributed by atoms with van der Waals surface area (Å²) in [6.45, 7) is 2.48. The van der Waals surface area contributed by atoms with E-state index in [4.69, 9.17) is 9.78 Å². The molecule has 0 saturated heterocycles. The summed E-state index contributed by atoms with van der Waals surface area (Å²) in [5.41, 5.74) is 2.53. The van der Waals surface area contributed by atoms with Gasteiger partial charge in [0.15, 0.2) is 0 Å². The second-order valence-electron chi connectivity index (χ2n) is 4.49. The quantitative estimate of drug-likeness (QED) is 0.447. The summed E-state index contributed by atoms with van der Waals surface area (Å²) in [5, 5.41) is 0. The summed E-state index contributed by atoms with van der Waals surface area (Å²) in [5.74, 6) is -0.459. The van der Waals surface area contributed by atoms with Crippen molar-refractivity contribution >= 4 is 5.97 Å². The molecule has 0 bridgehead atoms. The summed E-state index contributed by atoms with van der Waals surface area (Å²) in [6, 6.07) is 17.2. The van der Waals surface area contributed by atoms with Crippen LogP contribution in [-0.4, -0.2) is 12.6 Å². The van der Waals surface area contributed by atoms with Crippen LogP contribution in [-0.2, 0) is 9.78 Å². The minimum absolute atomic E-state index is 0.431. The molecule has 2 rings (SSSR count). The molecule has 0 heterocycles. The van der Waals surface area contributed by atoms with Crippen molar-refractivity contribution in [1.82, 2.24) is 0 Å². The van der Waals surface area contributed by atoms with Gasteiger partial charge in [0, 0.05) is 0 Å². The van der Waals surface area contributed by atoms with E-state index >= 15 is 0 Å². The minimum Gasteiger partial charge on any atom is -0.293 e. The molecule has 0 amide bonds. The third kappa shape index (κ3) is 3.93. The van der Waals surface area contributed by atoms with Crippen LogP contribution in [0.2, 0.25) is 0 Å². The minimum atomic E-state index is -0.459. The molecule has 20 heavy (non-hydrogen) atoms. The van der Waals surface area contributed by atoms with E-state index in [9.17, 15) is 4.79 Å². The van der Waals surface area contributed by atoms with Gasteiger partial charge in [-0.1, -0.05) is 55.8 Å². The lowest BCUT2D eigenvalue weighted by Gasteiger charge is -2.05. The van der Waals surface area contributed by atoms with Crippen molar-refractivity contribution in [3.63, 3.8) is 0 Å². The fraction of sp³-hybridized carbons (Fsp3) is 0.235. The van der Waals surface area contributed by atoms with E-state index < -0.39 is 5.97 Å². The predicted molar refractivity (Wildman–Crippen MR) is 78.2 cm³/mol. The summed E-state index contributed by atoms with van der Waals surface area (Å²) >= 11 is 0. The van der Waals surface area contributed by atoms with E-state index in [1.165, 1.54) is 0 Å². The van der Waals surface area contributed by atoms with Crippen LogP contribution in [0, 0.1) is 0 Å². The van der Waals surface area contributed by atoms with Gasteiger partial charge in [0.25, 0.3) is 0 Å². The van der Waals surface area contributed by atoms with Gasteiger partial charge in [0.2, 0.25) is 0 Å². The van der Waals surface area contributed by atoms with Crippen LogP contribution in [0.3, 0.4) is 0 Å². The molecule has 3 heteroatoms. The second-order valence-corrected chi connectivity index (χ2v) is 4.49. The number of carbonyl (C=O) groups excluding carboxylic acids is 1. The Morgan fingerprint density at radius 1 is 1.00 bits per heavy atom. The Hall–Kier alpha value is -2.13. The largest absolute Gasteiger partial charge is 0.373 e. The Balaban J connectivity index is 2.04. The molecule has 104 valence electrons. The highest BCUT2D eigenvalue weighted by atomic mass is 17.2. The maximum Gasteiger partial charge on any atom is 0.373 e. The van der Waals surface area contributed by atoms with Crippen molar-refractivity contribution in [2.24, 2.45) is 0 Å². The van der Waals surface area contributed by atoms with Crippen molar-refractivity contribution in [3.05, 3.63) is 60.2 Å². The molecule has 0 atom stereocenters. The average molecular weight is 270 g/mol. The van der Waals surface area contributed by atoms with Crippen LogP contribution >= 0.6 is 0 Å². The number of hydrogen-bond acceptors (Lipinski definition) is 3. The summed E-state index contributed by atoms with van der Waals surface area (Å²) in [6.07, 6.45) is 1.87. The Labute approximate surface area is 119 Å². The molecule has 0 aromatic heterocycles. The molecule has 0 saturated carbocycles. The Bertz CT molecular complexity index is 549. The highest BCUT2D eigenvalue weighted by Crippen LogP contribution is 2.20. The molecule has 0 N–H and O–H groups in total. The summed E-state index contributed by atoms with van der Waals surface area (Å²) in [7, 11) is 0. The lowest BCUT2D eigenvalue weighted by Crippen LogP contribution is -2.07. The second kappa shape index (κ2) is 7.46. The average Bonchev–Trinajstić information content (AvgIpc) is 2.52.